The number of hydrogen-bond acceptors (Lipinski definition) is 12. The second kappa shape index (κ2) is 40.7. The zero-order valence-electron chi connectivity index (χ0n) is 64.9. The number of halogens is 2. The monoisotopic (exact) mass is 2150 g/mol. The van der Waals surface area contributed by atoms with E-state index in [1.807, 2.05) is 82.7 Å². The maximum Gasteiger partial charge on any atom is 0.303 e. The summed E-state index contributed by atoms with van der Waals surface area (Å²) in [6.07, 6.45) is 34.2. The molecule has 0 spiro atoms. The fourth-order valence-electron chi connectivity index (χ4n) is 16.4. The van der Waals surface area contributed by atoms with Crippen molar-refractivity contribution >= 4 is 0 Å². The molecular formula is C84H112F2Ir4N16-4. The van der Waals surface area contributed by atoms with E-state index in [1.54, 1.807) is 0 Å². The Morgan fingerprint density at radius 1 is 0.491 bits per heavy atom. The van der Waals surface area contributed by atoms with Gasteiger partial charge < -0.3 is 38.2 Å². The Labute approximate surface area is 685 Å². The molecule has 0 bridgehead atoms. The molecule has 0 saturated heterocycles. The zero-order valence-corrected chi connectivity index (χ0v) is 74.5. The van der Waals surface area contributed by atoms with E-state index in [0.29, 0.717) is 70.7 Å². The van der Waals surface area contributed by atoms with Gasteiger partial charge in [-0.3, -0.25) is 0 Å². The summed E-state index contributed by atoms with van der Waals surface area (Å²) in [5.74, 6) is 8.19. The van der Waals surface area contributed by atoms with E-state index < -0.39 is 11.5 Å². The number of hydrogen-bond donors (Lipinski definition) is 0. The van der Waals surface area contributed by atoms with Crippen LogP contribution < -0.4 is 0 Å². The Hall–Kier alpha value is -5.16. The molecule has 5 aliphatic carbocycles. The molecule has 8 aromatic heterocycles. The molecule has 5 saturated carbocycles. The quantitative estimate of drug-likeness (QED) is 0.0790. The summed E-state index contributed by atoms with van der Waals surface area (Å²) >= 11 is 0. The standard InChI is InChI=1S/C22H31N4.C22H25N4.C20H27F2N4.C20H29N4.4Ir/c1-15-9-7-10-16(2)20(15)26-21(18-11-5-4-6-12-18)24-25-22(26)19-13-8-14-23-17(19)3;1-16(2)14-21-24-25-22(26(21)19-10-4-3-5-11-19)18-12-13-20(23-15-18)17-8-6-7-9-17;1-13-15(11-12-16(23-13)14-9-7-6-8-10-14)17-24-25-18(20(5,21)22)26(17)19(2,3)4;1-14(2)12-18-22-23-20(24(18)13-15(3)4)17-10-7-11-21-19(17)16-8-5-6-9-16;;;;/h8,14-16,18,20H,4-7,9-12H2,1-3H3;3-5,10-11,13,15-17H,6-9,14H2,1-2H3;12,14H,6-10H2,1-5H3;7,11,14-16H,5-6,8-9,12-13H2,1-4H3;;;;/q4*-1;;;;. The first-order valence-electron chi connectivity index (χ1n) is 38.7. The van der Waals surface area contributed by atoms with Gasteiger partial charge in [0.25, 0.3) is 0 Å². The average molecular weight is 2150 g/mol. The minimum Gasteiger partial charge on any atom is -0.357 e. The van der Waals surface area contributed by atoms with Crippen LogP contribution in [0.3, 0.4) is 0 Å². The number of aromatic nitrogens is 16. The molecule has 1 aromatic carbocycles. The average Bonchev–Trinajstić information content (AvgIpc) is 1.60. The summed E-state index contributed by atoms with van der Waals surface area (Å²) in [6.45, 7) is 29.5. The first-order chi connectivity index (χ1) is 49.0. The molecule has 14 rings (SSSR count). The second-order valence-electron chi connectivity index (χ2n) is 32.3. The predicted molar refractivity (Wildman–Crippen MR) is 401 cm³/mol. The van der Waals surface area contributed by atoms with Crippen LogP contribution in [-0.2, 0) is 111 Å². The molecule has 8 heterocycles. The van der Waals surface area contributed by atoms with Gasteiger partial charge in [0.2, 0.25) is 0 Å². The second-order valence-corrected chi connectivity index (χ2v) is 32.3. The topological polar surface area (TPSA) is 174 Å². The number of benzene rings is 1. The molecule has 4 radical (unpaired) electrons. The fraction of sp³-hybridized carbons (Fsp3) is 0.595. The number of alkyl halides is 2. The zero-order chi connectivity index (χ0) is 72.2. The van der Waals surface area contributed by atoms with Gasteiger partial charge in [-0.05, 0) is 134 Å². The Balaban J connectivity index is 0.000000195. The largest absolute Gasteiger partial charge is 0.357 e. The third-order valence-electron chi connectivity index (χ3n) is 21.4. The van der Waals surface area contributed by atoms with Crippen LogP contribution in [0.2, 0.25) is 0 Å². The van der Waals surface area contributed by atoms with Gasteiger partial charge in [-0.1, -0.05) is 237 Å². The summed E-state index contributed by atoms with van der Waals surface area (Å²) in [5, 5.41) is 35.4. The molecule has 582 valence electrons. The third kappa shape index (κ3) is 21.9. The Morgan fingerprint density at radius 3 is 1.58 bits per heavy atom. The molecule has 22 heteroatoms. The van der Waals surface area contributed by atoms with E-state index in [4.69, 9.17) is 25.1 Å². The summed E-state index contributed by atoms with van der Waals surface area (Å²) < 4.78 is 36.5. The summed E-state index contributed by atoms with van der Waals surface area (Å²) in [6, 6.07) is 32.1. The van der Waals surface area contributed by atoms with Gasteiger partial charge in [0.1, 0.15) is 17.5 Å². The molecule has 5 aliphatic rings. The third-order valence-corrected chi connectivity index (χ3v) is 21.4. The number of pyridine rings is 4. The van der Waals surface area contributed by atoms with Crippen LogP contribution in [0.5, 0.6) is 0 Å². The van der Waals surface area contributed by atoms with Crippen molar-refractivity contribution in [2.24, 2.45) is 29.6 Å². The summed E-state index contributed by atoms with van der Waals surface area (Å²) in [5.41, 5.74) is 9.26. The molecule has 2 atom stereocenters. The smallest absolute Gasteiger partial charge is 0.303 e. The maximum atomic E-state index is 14.0. The van der Waals surface area contributed by atoms with Crippen molar-refractivity contribution in [1.82, 2.24) is 79.0 Å². The maximum absolute atomic E-state index is 14.0. The predicted octanol–water partition coefficient (Wildman–Crippen LogP) is 20.5. The van der Waals surface area contributed by atoms with Crippen LogP contribution in [0, 0.1) is 67.7 Å². The molecule has 0 aliphatic heterocycles. The molecule has 0 amide bonds. The van der Waals surface area contributed by atoms with E-state index >= 15 is 0 Å². The van der Waals surface area contributed by atoms with Crippen LogP contribution >= 0.6 is 0 Å². The minimum atomic E-state index is -3.07. The molecule has 106 heavy (non-hydrogen) atoms. The van der Waals surface area contributed by atoms with Crippen molar-refractivity contribution in [3.63, 3.8) is 0 Å². The van der Waals surface area contributed by atoms with E-state index in [9.17, 15) is 8.78 Å². The van der Waals surface area contributed by atoms with Crippen LogP contribution in [-0.4, -0.2) is 79.0 Å². The fourth-order valence-corrected chi connectivity index (χ4v) is 16.4. The van der Waals surface area contributed by atoms with Crippen LogP contribution in [0.25, 0.3) is 51.2 Å². The normalized spacial score (nSPS) is 18.2. The number of para-hydroxylation sites is 1. The number of nitrogens with zero attached hydrogens (tertiary/aromatic N) is 16. The molecule has 0 N–H and O–H groups in total. The van der Waals surface area contributed by atoms with Gasteiger partial charge in [-0.25, -0.2) is 0 Å². The van der Waals surface area contributed by atoms with E-state index in [-0.39, 0.29) is 86.2 Å². The minimum absolute atomic E-state index is 0. The Kier molecular flexibility index (Phi) is 33.8. The summed E-state index contributed by atoms with van der Waals surface area (Å²) in [7, 11) is 0. The van der Waals surface area contributed by atoms with Gasteiger partial charge in [0.05, 0.1) is 23.3 Å². The van der Waals surface area contributed by atoms with Crippen LogP contribution in [0.4, 0.5) is 8.78 Å². The van der Waals surface area contributed by atoms with Gasteiger partial charge in [0.15, 0.2) is 5.82 Å². The Morgan fingerprint density at radius 2 is 1.01 bits per heavy atom. The first-order valence-corrected chi connectivity index (χ1v) is 38.7. The molecule has 5 fully saturated rings. The molecular weight excluding hydrogens is 2040 g/mol. The van der Waals surface area contributed by atoms with E-state index in [0.717, 1.165) is 108 Å². The first kappa shape index (κ1) is 88.1. The van der Waals surface area contributed by atoms with Gasteiger partial charge in [-0.15, -0.1) is 68.9 Å². The van der Waals surface area contributed by atoms with Crippen LogP contribution in [0.1, 0.15) is 299 Å². The van der Waals surface area contributed by atoms with Gasteiger partial charge >= 0.3 is 5.92 Å². The van der Waals surface area contributed by atoms with Gasteiger partial charge in [-0.2, -0.15) is 29.2 Å². The van der Waals surface area contributed by atoms with Crippen molar-refractivity contribution in [2.45, 2.75) is 292 Å². The number of aryl methyl sites for hydroxylation is 2. The van der Waals surface area contributed by atoms with Crippen molar-refractivity contribution in [1.29, 1.82) is 0 Å². The Bertz CT molecular complexity index is 4100. The SMILES string of the molecule is CC(C)Cc1nnc(-c2[c-]cc(C3CCCC3)nc2)n1-c1ccccc1.CC(C)Cc1nnc(-c2[c-]ccnc2C2CCCC2)n1CC(C)C.Cc1nc(C2CCCCC2)c[c-]c1-c1nnc(C(C)(F)F)n1C(C)(C)C.Cc1ncc[c-]c1-c1nnc(C2CCCCC2)n1C1C(C)CCCC1C.[Ir].[Ir].[Ir].[Ir]. The molecule has 9 aromatic rings. The van der Waals surface area contributed by atoms with Crippen molar-refractivity contribution in [2.75, 3.05) is 0 Å². The van der Waals surface area contributed by atoms with Gasteiger partial charge in [0, 0.05) is 130 Å². The summed E-state index contributed by atoms with van der Waals surface area (Å²) in [4.78, 5) is 18.7. The van der Waals surface area contributed by atoms with E-state index in [2.05, 4.69) is 154 Å². The van der Waals surface area contributed by atoms with Crippen molar-refractivity contribution < 1.29 is 89.2 Å². The molecule has 16 nitrogen and oxygen atoms in total. The van der Waals surface area contributed by atoms with Crippen molar-refractivity contribution in [3.05, 3.63) is 149 Å². The number of rotatable bonds is 17. The van der Waals surface area contributed by atoms with Crippen LogP contribution in [0.15, 0.2) is 73.2 Å². The van der Waals surface area contributed by atoms with Crippen molar-refractivity contribution in [3.8, 4) is 51.2 Å². The molecule has 2 unspecified atom stereocenters. The van der Waals surface area contributed by atoms with E-state index in [1.165, 1.54) is 144 Å².